The maximum absolute atomic E-state index is 12.5. The highest BCUT2D eigenvalue weighted by Gasteiger charge is 2.40. The van der Waals surface area contributed by atoms with Crippen LogP contribution < -0.4 is 0 Å². The predicted octanol–water partition coefficient (Wildman–Crippen LogP) is 1.97. The van der Waals surface area contributed by atoms with Crippen molar-refractivity contribution < 1.29 is 31.5 Å². The molecule has 0 spiro atoms. The van der Waals surface area contributed by atoms with Gasteiger partial charge in [-0.1, -0.05) is 0 Å². The van der Waals surface area contributed by atoms with E-state index in [4.69, 9.17) is 5.11 Å². The lowest BCUT2D eigenvalue weighted by Crippen LogP contribution is -2.12. The molecule has 1 heterocycles. The van der Waals surface area contributed by atoms with Crippen LogP contribution in [0.4, 0.5) is 13.2 Å². The Labute approximate surface area is 104 Å². The molecule has 18 heavy (non-hydrogen) atoms. The Kier molecular flexibility index (Phi) is 3.73. The van der Waals surface area contributed by atoms with E-state index in [0.29, 0.717) is 0 Å². The summed E-state index contributed by atoms with van der Waals surface area (Å²) in [6, 6.07) is 0. The van der Waals surface area contributed by atoms with Crippen LogP contribution in [0.15, 0.2) is 0 Å². The third-order valence-electron chi connectivity index (χ3n) is 2.10. The predicted molar refractivity (Wildman–Crippen MR) is 57.3 cm³/mol. The number of sulfone groups is 1. The highest BCUT2D eigenvalue weighted by atomic mass is 32.2. The molecule has 10 heteroatoms. The standard InChI is InChI=1S/C8H8F3NO4S2/c1-3(18(2,15)16)6-12-5(8(9,10)11)4(17-6)7(13)14/h3H,1-2H3,(H,13,14). The Bertz CT molecular complexity index is 576. The van der Waals surface area contributed by atoms with Gasteiger partial charge in [0.25, 0.3) is 0 Å². The molecule has 0 saturated heterocycles. The highest BCUT2D eigenvalue weighted by molar-refractivity contribution is 7.91. The Morgan fingerprint density at radius 2 is 1.94 bits per heavy atom. The summed E-state index contributed by atoms with van der Waals surface area (Å²) < 4.78 is 60.0. The van der Waals surface area contributed by atoms with Crippen molar-refractivity contribution in [3.8, 4) is 0 Å². The van der Waals surface area contributed by atoms with Gasteiger partial charge in [-0.05, 0) is 6.92 Å². The molecule has 1 aromatic rings. The van der Waals surface area contributed by atoms with Crippen LogP contribution in [0.3, 0.4) is 0 Å². The first kappa shape index (κ1) is 14.9. The zero-order chi connectivity index (χ0) is 14.3. The van der Waals surface area contributed by atoms with Gasteiger partial charge in [0.05, 0.1) is 0 Å². The van der Waals surface area contributed by atoms with Gasteiger partial charge in [0, 0.05) is 6.26 Å². The zero-order valence-corrected chi connectivity index (χ0v) is 10.8. The van der Waals surface area contributed by atoms with Crippen LogP contribution in [0.1, 0.15) is 32.5 Å². The summed E-state index contributed by atoms with van der Waals surface area (Å²) in [6.45, 7) is 1.15. The topological polar surface area (TPSA) is 84.3 Å². The van der Waals surface area contributed by atoms with Gasteiger partial charge in [0.2, 0.25) is 0 Å². The number of halogens is 3. The maximum Gasteiger partial charge on any atom is 0.435 e. The average Bonchev–Trinajstić information content (AvgIpc) is 2.58. The fourth-order valence-electron chi connectivity index (χ4n) is 1.03. The minimum atomic E-state index is -4.93. The molecule has 1 N–H and O–H groups in total. The zero-order valence-electron chi connectivity index (χ0n) is 9.15. The van der Waals surface area contributed by atoms with Crippen LogP contribution in [0, 0.1) is 0 Å². The Morgan fingerprint density at radius 3 is 2.22 bits per heavy atom. The molecule has 0 fully saturated rings. The molecule has 1 atom stereocenters. The molecule has 0 bridgehead atoms. The summed E-state index contributed by atoms with van der Waals surface area (Å²) in [6.07, 6.45) is -4.09. The number of carbonyl (C=O) groups is 1. The lowest BCUT2D eigenvalue weighted by molar-refractivity contribution is -0.141. The van der Waals surface area contributed by atoms with Crippen LogP contribution in [0.2, 0.25) is 0 Å². The Balaban J connectivity index is 3.41. The molecule has 0 aliphatic heterocycles. The van der Waals surface area contributed by atoms with E-state index < -0.39 is 37.8 Å². The van der Waals surface area contributed by atoms with Crippen molar-refractivity contribution in [2.75, 3.05) is 6.26 Å². The molecule has 102 valence electrons. The van der Waals surface area contributed by atoms with Gasteiger partial charge in [-0.2, -0.15) is 13.2 Å². The molecular formula is C8H8F3NO4S2. The minimum absolute atomic E-state index is 0.220. The van der Waals surface area contributed by atoms with Crippen LogP contribution in [0.5, 0.6) is 0 Å². The van der Waals surface area contributed by atoms with Crippen molar-refractivity contribution in [1.82, 2.24) is 4.98 Å². The van der Waals surface area contributed by atoms with Gasteiger partial charge in [0.15, 0.2) is 15.5 Å². The number of hydrogen-bond acceptors (Lipinski definition) is 5. The van der Waals surface area contributed by atoms with Crippen molar-refractivity contribution in [2.24, 2.45) is 0 Å². The summed E-state index contributed by atoms with van der Waals surface area (Å²) in [5, 5.41) is 6.98. The molecule has 1 rings (SSSR count). The summed E-state index contributed by atoms with van der Waals surface area (Å²) in [5.41, 5.74) is -1.56. The second kappa shape index (κ2) is 4.50. The number of carboxylic acids is 1. The molecule has 5 nitrogen and oxygen atoms in total. The summed E-state index contributed by atoms with van der Waals surface area (Å²) in [4.78, 5) is 12.8. The molecule has 0 saturated carbocycles. The van der Waals surface area contributed by atoms with Gasteiger partial charge in [0.1, 0.15) is 15.1 Å². The van der Waals surface area contributed by atoms with Crippen LogP contribution >= 0.6 is 11.3 Å². The van der Waals surface area contributed by atoms with Crippen molar-refractivity contribution >= 4 is 27.1 Å². The van der Waals surface area contributed by atoms with Crippen LogP contribution in [0.25, 0.3) is 0 Å². The Hall–Kier alpha value is -1.16. The molecule has 0 aromatic carbocycles. The van der Waals surface area contributed by atoms with Gasteiger partial charge in [-0.25, -0.2) is 18.2 Å². The van der Waals surface area contributed by atoms with Gasteiger partial charge in [-0.15, -0.1) is 11.3 Å². The third-order valence-corrected chi connectivity index (χ3v) is 4.98. The van der Waals surface area contributed by atoms with E-state index in [0.717, 1.165) is 13.2 Å². The smallest absolute Gasteiger partial charge is 0.435 e. The maximum atomic E-state index is 12.5. The van der Waals surface area contributed by atoms with Gasteiger partial charge < -0.3 is 5.11 Å². The monoisotopic (exact) mass is 303 g/mol. The largest absolute Gasteiger partial charge is 0.477 e. The molecule has 1 aromatic heterocycles. The molecule has 1 unspecified atom stereocenters. The first-order valence-corrected chi connectivity index (χ1v) is 7.21. The number of rotatable bonds is 3. The van der Waals surface area contributed by atoms with Crippen LogP contribution in [-0.2, 0) is 16.0 Å². The molecular weight excluding hydrogens is 295 g/mol. The SMILES string of the molecule is CC(c1nc(C(F)(F)F)c(C(=O)O)s1)S(C)(=O)=O. The molecule has 0 radical (unpaired) electrons. The summed E-state index contributed by atoms with van der Waals surface area (Å²) in [7, 11) is -3.64. The normalized spacial score (nSPS) is 14.5. The Morgan fingerprint density at radius 1 is 1.44 bits per heavy atom. The van der Waals surface area contributed by atoms with Crippen molar-refractivity contribution in [3.63, 3.8) is 0 Å². The number of aromatic nitrogens is 1. The highest BCUT2D eigenvalue weighted by Crippen LogP contribution is 2.37. The van der Waals surface area contributed by atoms with E-state index in [-0.39, 0.29) is 16.3 Å². The van der Waals surface area contributed by atoms with E-state index in [1.165, 1.54) is 0 Å². The minimum Gasteiger partial charge on any atom is -0.477 e. The van der Waals surface area contributed by atoms with Crippen molar-refractivity contribution in [3.05, 3.63) is 15.6 Å². The lowest BCUT2D eigenvalue weighted by Gasteiger charge is -2.05. The van der Waals surface area contributed by atoms with Crippen molar-refractivity contribution in [1.29, 1.82) is 0 Å². The quantitative estimate of drug-likeness (QED) is 0.922. The van der Waals surface area contributed by atoms with Crippen LogP contribution in [-0.4, -0.2) is 30.7 Å². The van der Waals surface area contributed by atoms with Gasteiger partial charge >= 0.3 is 12.1 Å². The fourth-order valence-corrected chi connectivity index (χ4v) is 2.98. The van der Waals surface area contributed by atoms with Crippen molar-refractivity contribution in [2.45, 2.75) is 18.3 Å². The van der Waals surface area contributed by atoms with E-state index in [9.17, 15) is 26.4 Å². The number of nitrogens with zero attached hydrogens (tertiary/aromatic N) is 1. The van der Waals surface area contributed by atoms with E-state index in [2.05, 4.69) is 4.98 Å². The summed E-state index contributed by atoms with van der Waals surface area (Å²) in [5.74, 6) is -1.79. The third kappa shape index (κ3) is 2.99. The molecule has 0 aliphatic rings. The first-order valence-electron chi connectivity index (χ1n) is 4.44. The second-order valence-electron chi connectivity index (χ2n) is 3.50. The molecule has 0 amide bonds. The van der Waals surface area contributed by atoms with Gasteiger partial charge in [-0.3, -0.25) is 0 Å². The number of thiazole rings is 1. The van der Waals surface area contributed by atoms with E-state index in [1.807, 2.05) is 0 Å². The van der Waals surface area contributed by atoms with E-state index in [1.54, 1.807) is 0 Å². The number of aromatic carboxylic acids is 1. The fraction of sp³-hybridized carbons (Fsp3) is 0.500. The van der Waals surface area contributed by atoms with E-state index >= 15 is 0 Å². The first-order chi connectivity index (χ1) is 7.94. The number of alkyl halides is 3. The number of carboxylic acid groups (broad SMARTS) is 1. The second-order valence-corrected chi connectivity index (χ2v) is 6.90. The lowest BCUT2D eigenvalue weighted by atomic mass is 10.3. The summed E-state index contributed by atoms with van der Waals surface area (Å²) >= 11 is 0.220. The number of hydrogen-bond donors (Lipinski definition) is 1. The average molecular weight is 303 g/mol. The molecule has 0 aliphatic carbocycles.